The molecule has 2 aromatic rings. The van der Waals surface area contributed by atoms with E-state index in [1.807, 2.05) is 13.8 Å². The van der Waals surface area contributed by atoms with E-state index in [1.54, 1.807) is 30.3 Å². The molecular formula is C17H23N5O2. The molecule has 0 radical (unpaired) electrons. The van der Waals surface area contributed by atoms with Crippen molar-refractivity contribution in [3.05, 3.63) is 41.7 Å². The first-order valence-corrected chi connectivity index (χ1v) is 8.01. The Kier molecular flexibility index (Phi) is 5.95. The summed E-state index contributed by atoms with van der Waals surface area (Å²) in [4.78, 5) is 24.2. The van der Waals surface area contributed by atoms with Crippen LogP contribution in [0.5, 0.6) is 0 Å². The number of hydrogen-bond acceptors (Lipinski definition) is 3. The van der Waals surface area contributed by atoms with Crippen molar-refractivity contribution in [1.29, 1.82) is 0 Å². The monoisotopic (exact) mass is 329 g/mol. The molecule has 0 aliphatic heterocycles. The van der Waals surface area contributed by atoms with Crippen LogP contribution in [-0.4, -0.2) is 28.2 Å². The molecule has 2 rings (SSSR count). The van der Waals surface area contributed by atoms with Gasteiger partial charge in [-0.3, -0.25) is 9.89 Å². The quantitative estimate of drug-likeness (QED) is 0.655. The molecule has 24 heavy (non-hydrogen) atoms. The highest BCUT2D eigenvalue weighted by Crippen LogP contribution is 2.21. The number of para-hydroxylation sites is 2. The summed E-state index contributed by atoms with van der Waals surface area (Å²) in [6.45, 7) is 5.81. The van der Waals surface area contributed by atoms with Crippen LogP contribution in [0.25, 0.3) is 0 Å². The molecule has 0 aliphatic carbocycles. The largest absolute Gasteiger partial charge is 0.336 e. The van der Waals surface area contributed by atoms with Crippen LogP contribution in [0.4, 0.5) is 16.2 Å². The molecule has 3 amide bonds. The molecule has 0 unspecified atom stereocenters. The van der Waals surface area contributed by atoms with Crippen LogP contribution in [0, 0.1) is 0 Å². The smallest absolute Gasteiger partial charge is 0.319 e. The Labute approximate surface area is 141 Å². The fourth-order valence-electron chi connectivity index (χ4n) is 2.18. The fourth-order valence-corrected chi connectivity index (χ4v) is 2.18. The number of carbonyl (C=O) groups excluding carboxylic acids is 2. The van der Waals surface area contributed by atoms with Crippen molar-refractivity contribution in [2.75, 3.05) is 10.6 Å². The molecule has 0 saturated carbocycles. The fraction of sp³-hybridized carbons (Fsp3) is 0.353. The van der Waals surface area contributed by atoms with E-state index < -0.39 is 0 Å². The lowest BCUT2D eigenvalue weighted by Gasteiger charge is -2.13. The lowest BCUT2D eigenvalue weighted by Crippen LogP contribution is -2.34. The predicted molar refractivity (Wildman–Crippen MR) is 94.3 cm³/mol. The maximum Gasteiger partial charge on any atom is 0.319 e. The lowest BCUT2D eigenvalue weighted by molar-refractivity contribution is 0.102. The zero-order valence-corrected chi connectivity index (χ0v) is 14.1. The van der Waals surface area contributed by atoms with Gasteiger partial charge in [0, 0.05) is 11.7 Å². The minimum absolute atomic E-state index is 0.0211. The minimum atomic E-state index is -0.327. The van der Waals surface area contributed by atoms with Crippen molar-refractivity contribution in [2.45, 2.75) is 39.7 Å². The number of anilines is 2. The number of amides is 3. The highest BCUT2D eigenvalue weighted by molar-refractivity contribution is 6.06. The van der Waals surface area contributed by atoms with Crippen molar-refractivity contribution in [3.8, 4) is 0 Å². The highest BCUT2D eigenvalue weighted by atomic mass is 16.2. The second kappa shape index (κ2) is 8.14. The number of aromatic amines is 1. The molecule has 1 heterocycles. The van der Waals surface area contributed by atoms with E-state index in [0.717, 1.165) is 18.5 Å². The summed E-state index contributed by atoms with van der Waals surface area (Å²) in [5, 5.41) is 15.1. The number of carbonyl (C=O) groups is 2. The van der Waals surface area contributed by atoms with Gasteiger partial charge in [0.2, 0.25) is 0 Å². The lowest BCUT2D eigenvalue weighted by atomic mass is 10.2. The van der Waals surface area contributed by atoms with Gasteiger partial charge >= 0.3 is 6.03 Å². The zero-order valence-electron chi connectivity index (χ0n) is 14.1. The van der Waals surface area contributed by atoms with Crippen LogP contribution in [0.2, 0.25) is 0 Å². The number of aromatic nitrogens is 2. The SMILES string of the molecule is CCCc1cc(C(=O)Nc2ccccc2NC(=O)NC(C)C)n[nH]1. The Hall–Kier alpha value is -2.83. The number of urea groups is 1. The third-order valence-corrected chi connectivity index (χ3v) is 3.23. The molecule has 0 saturated heterocycles. The maximum atomic E-state index is 12.3. The van der Waals surface area contributed by atoms with E-state index in [1.165, 1.54) is 0 Å². The molecule has 1 aromatic carbocycles. The molecule has 7 heteroatoms. The predicted octanol–water partition coefficient (Wildman–Crippen LogP) is 3.14. The van der Waals surface area contributed by atoms with E-state index in [0.29, 0.717) is 17.1 Å². The summed E-state index contributed by atoms with van der Waals surface area (Å²) < 4.78 is 0. The Morgan fingerprint density at radius 2 is 1.83 bits per heavy atom. The van der Waals surface area contributed by atoms with Crippen molar-refractivity contribution < 1.29 is 9.59 Å². The highest BCUT2D eigenvalue weighted by Gasteiger charge is 2.13. The number of rotatable bonds is 6. The third-order valence-electron chi connectivity index (χ3n) is 3.23. The number of nitrogens with one attached hydrogen (secondary N) is 4. The van der Waals surface area contributed by atoms with Gasteiger partial charge in [0.05, 0.1) is 11.4 Å². The van der Waals surface area contributed by atoms with E-state index in [9.17, 15) is 9.59 Å². The Bertz CT molecular complexity index is 709. The molecule has 0 spiro atoms. The summed E-state index contributed by atoms with van der Waals surface area (Å²) in [5.41, 5.74) is 2.28. The van der Waals surface area contributed by atoms with E-state index >= 15 is 0 Å². The van der Waals surface area contributed by atoms with Crippen LogP contribution in [0.15, 0.2) is 30.3 Å². The van der Waals surface area contributed by atoms with Crippen molar-refractivity contribution in [3.63, 3.8) is 0 Å². The molecule has 0 bridgehead atoms. The van der Waals surface area contributed by atoms with Gasteiger partial charge in [0.1, 0.15) is 0 Å². The molecule has 128 valence electrons. The van der Waals surface area contributed by atoms with Crippen LogP contribution in [0.1, 0.15) is 43.4 Å². The van der Waals surface area contributed by atoms with Crippen LogP contribution in [-0.2, 0) is 6.42 Å². The molecule has 1 aromatic heterocycles. The van der Waals surface area contributed by atoms with E-state index in [2.05, 4.69) is 33.1 Å². The Morgan fingerprint density at radius 1 is 1.17 bits per heavy atom. The molecule has 0 fully saturated rings. The van der Waals surface area contributed by atoms with Crippen molar-refractivity contribution in [2.24, 2.45) is 0 Å². The Balaban J connectivity index is 2.08. The maximum absolute atomic E-state index is 12.3. The number of aryl methyl sites for hydroxylation is 1. The van der Waals surface area contributed by atoms with Crippen LogP contribution < -0.4 is 16.0 Å². The van der Waals surface area contributed by atoms with Crippen LogP contribution >= 0.6 is 0 Å². The average molecular weight is 329 g/mol. The van der Waals surface area contributed by atoms with Gasteiger partial charge < -0.3 is 16.0 Å². The second-order valence-corrected chi connectivity index (χ2v) is 5.78. The van der Waals surface area contributed by atoms with E-state index in [-0.39, 0.29) is 18.0 Å². The molecule has 4 N–H and O–H groups in total. The van der Waals surface area contributed by atoms with Gasteiger partial charge in [0.25, 0.3) is 5.91 Å². The third kappa shape index (κ3) is 4.84. The number of H-pyrrole nitrogens is 1. The minimum Gasteiger partial charge on any atom is -0.336 e. The van der Waals surface area contributed by atoms with Crippen molar-refractivity contribution in [1.82, 2.24) is 15.5 Å². The van der Waals surface area contributed by atoms with Crippen molar-refractivity contribution >= 4 is 23.3 Å². The second-order valence-electron chi connectivity index (χ2n) is 5.78. The molecule has 7 nitrogen and oxygen atoms in total. The number of hydrogen-bond donors (Lipinski definition) is 4. The van der Waals surface area contributed by atoms with Gasteiger partial charge in [-0.15, -0.1) is 0 Å². The first kappa shape index (κ1) is 17.5. The zero-order chi connectivity index (χ0) is 17.5. The first-order chi connectivity index (χ1) is 11.5. The normalized spacial score (nSPS) is 10.5. The van der Waals surface area contributed by atoms with Gasteiger partial charge in [-0.1, -0.05) is 25.5 Å². The van der Waals surface area contributed by atoms with Gasteiger partial charge in [-0.05, 0) is 38.5 Å². The van der Waals surface area contributed by atoms with Crippen LogP contribution in [0.3, 0.4) is 0 Å². The first-order valence-electron chi connectivity index (χ1n) is 8.01. The van der Waals surface area contributed by atoms with Gasteiger partial charge in [-0.25, -0.2) is 4.79 Å². The molecule has 0 atom stereocenters. The topological polar surface area (TPSA) is 98.9 Å². The summed E-state index contributed by atoms with van der Waals surface area (Å²) >= 11 is 0. The number of nitrogens with zero attached hydrogens (tertiary/aromatic N) is 1. The number of benzene rings is 1. The Morgan fingerprint density at radius 3 is 2.46 bits per heavy atom. The molecule has 0 aliphatic rings. The summed E-state index contributed by atoms with van der Waals surface area (Å²) in [5.74, 6) is -0.327. The summed E-state index contributed by atoms with van der Waals surface area (Å²) in [6, 6.07) is 8.46. The van der Waals surface area contributed by atoms with Gasteiger partial charge in [0.15, 0.2) is 5.69 Å². The average Bonchev–Trinajstić information content (AvgIpc) is 2.97. The van der Waals surface area contributed by atoms with E-state index in [4.69, 9.17) is 0 Å². The summed E-state index contributed by atoms with van der Waals surface area (Å²) in [7, 11) is 0. The standard InChI is InChI=1S/C17H23N5O2/c1-4-7-12-10-15(22-21-12)16(23)19-13-8-5-6-9-14(13)20-17(24)18-11(2)3/h5-6,8-11H,4,7H2,1-3H3,(H,19,23)(H,21,22)(H2,18,20,24). The summed E-state index contributed by atoms with van der Waals surface area (Å²) in [6.07, 6.45) is 1.81. The molecular weight excluding hydrogens is 306 g/mol. The van der Waals surface area contributed by atoms with Gasteiger partial charge in [-0.2, -0.15) is 5.10 Å².